The van der Waals surface area contributed by atoms with E-state index in [-0.39, 0.29) is 0 Å². The summed E-state index contributed by atoms with van der Waals surface area (Å²) in [5.74, 6) is 7.20. The van der Waals surface area contributed by atoms with E-state index in [4.69, 9.17) is 16.3 Å². The first-order valence-corrected chi connectivity index (χ1v) is 6.86. The minimum absolute atomic E-state index is 0.424. The van der Waals surface area contributed by atoms with Gasteiger partial charge in [0, 0.05) is 30.3 Å². The standard InChI is InChI=1S/C16H15ClN2O/c1-13-5-4-8-19-16(13)12-20-15-9-14(10-18-11-15)6-2-3-7-17/h4-5,8-11H,3,7,12H2,1H3. The Bertz CT molecular complexity index is 632. The van der Waals surface area contributed by atoms with Gasteiger partial charge in [0.1, 0.15) is 12.4 Å². The topological polar surface area (TPSA) is 35.0 Å². The highest BCUT2D eigenvalue weighted by atomic mass is 35.5. The molecule has 0 aliphatic heterocycles. The average Bonchev–Trinajstić information content (AvgIpc) is 2.47. The Morgan fingerprint density at radius 3 is 3.05 bits per heavy atom. The number of pyridine rings is 2. The summed E-state index contributed by atoms with van der Waals surface area (Å²) in [7, 11) is 0. The molecule has 0 aliphatic carbocycles. The van der Waals surface area contributed by atoms with Gasteiger partial charge in [-0.25, -0.2) is 0 Å². The van der Waals surface area contributed by atoms with Gasteiger partial charge in [-0.1, -0.05) is 17.9 Å². The molecule has 0 bridgehead atoms. The predicted octanol–water partition coefficient (Wildman–Crippen LogP) is 3.34. The molecule has 20 heavy (non-hydrogen) atoms. The summed E-state index contributed by atoms with van der Waals surface area (Å²) in [5, 5.41) is 0. The summed E-state index contributed by atoms with van der Waals surface area (Å²) in [6.45, 7) is 2.44. The summed E-state index contributed by atoms with van der Waals surface area (Å²) in [4.78, 5) is 8.41. The van der Waals surface area contributed by atoms with Gasteiger partial charge < -0.3 is 4.74 Å². The molecule has 102 valence electrons. The van der Waals surface area contributed by atoms with Crippen LogP contribution in [0.5, 0.6) is 5.75 Å². The fraction of sp³-hybridized carbons (Fsp3) is 0.250. The van der Waals surface area contributed by atoms with Crippen molar-refractivity contribution in [3.8, 4) is 17.6 Å². The second-order valence-electron chi connectivity index (χ2n) is 4.21. The van der Waals surface area contributed by atoms with E-state index in [1.807, 2.05) is 25.1 Å². The van der Waals surface area contributed by atoms with Crippen molar-refractivity contribution in [2.75, 3.05) is 5.88 Å². The van der Waals surface area contributed by atoms with Crippen molar-refractivity contribution in [2.45, 2.75) is 20.0 Å². The van der Waals surface area contributed by atoms with E-state index in [0.717, 1.165) is 16.8 Å². The van der Waals surface area contributed by atoms with E-state index in [1.165, 1.54) is 0 Å². The van der Waals surface area contributed by atoms with Crippen LogP contribution in [0.15, 0.2) is 36.8 Å². The first-order valence-electron chi connectivity index (χ1n) is 6.33. The normalized spacial score (nSPS) is 9.70. The predicted molar refractivity (Wildman–Crippen MR) is 79.8 cm³/mol. The first-order chi connectivity index (χ1) is 9.79. The van der Waals surface area contributed by atoms with E-state index in [9.17, 15) is 0 Å². The lowest BCUT2D eigenvalue weighted by molar-refractivity contribution is 0.299. The molecule has 4 heteroatoms. The molecule has 3 nitrogen and oxygen atoms in total. The van der Waals surface area contributed by atoms with Crippen LogP contribution < -0.4 is 4.74 Å². The fourth-order valence-electron chi connectivity index (χ4n) is 1.60. The summed E-state index contributed by atoms with van der Waals surface area (Å²) >= 11 is 5.58. The maximum atomic E-state index is 5.70. The molecule has 0 aromatic carbocycles. The highest BCUT2D eigenvalue weighted by Crippen LogP contribution is 2.13. The number of aromatic nitrogens is 2. The Labute approximate surface area is 124 Å². The highest BCUT2D eigenvalue weighted by Gasteiger charge is 2.01. The third kappa shape index (κ3) is 4.25. The van der Waals surface area contributed by atoms with Crippen LogP contribution in [0, 0.1) is 18.8 Å². The van der Waals surface area contributed by atoms with Crippen molar-refractivity contribution in [3.05, 3.63) is 53.6 Å². The number of nitrogens with zero attached hydrogens (tertiary/aromatic N) is 2. The number of hydrogen-bond donors (Lipinski definition) is 0. The Morgan fingerprint density at radius 1 is 1.35 bits per heavy atom. The van der Waals surface area contributed by atoms with Crippen molar-refractivity contribution >= 4 is 11.6 Å². The molecule has 0 fully saturated rings. The third-order valence-corrected chi connectivity index (χ3v) is 2.85. The van der Waals surface area contributed by atoms with Gasteiger partial charge >= 0.3 is 0 Å². The molecule has 0 spiro atoms. The molecular formula is C16H15ClN2O. The maximum absolute atomic E-state index is 5.70. The molecule has 0 amide bonds. The Balaban J connectivity index is 2.02. The third-order valence-electron chi connectivity index (χ3n) is 2.66. The smallest absolute Gasteiger partial charge is 0.139 e. The highest BCUT2D eigenvalue weighted by molar-refractivity contribution is 6.18. The molecule has 0 saturated heterocycles. The Kier molecular flexibility index (Phi) is 5.40. The quantitative estimate of drug-likeness (QED) is 0.639. The minimum Gasteiger partial charge on any atom is -0.486 e. The number of rotatable bonds is 4. The monoisotopic (exact) mass is 286 g/mol. The zero-order chi connectivity index (χ0) is 14.2. The van der Waals surface area contributed by atoms with Crippen LogP contribution in [0.25, 0.3) is 0 Å². The Morgan fingerprint density at radius 2 is 2.25 bits per heavy atom. The number of alkyl halides is 1. The van der Waals surface area contributed by atoms with Crippen LogP contribution in [0.2, 0.25) is 0 Å². The molecule has 2 rings (SSSR count). The maximum Gasteiger partial charge on any atom is 0.139 e. The second-order valence-corrected chi connectivity index (χ2v) is 4.58. The van der Waals surface area contributed by atoms with Crippen molar-refractivity contribution < 1.29 is 4.74 Å². The van der Waals surface area contributed by atoms with Crippen LogP contribution in [-0.4, -0.2) is 15.8 Å². The van der Waals surface area contributed by atoms with Crippen molar-refractivity contribution in [2.24, 2.45) is 0 Å². The van der Waals surface area contributed by atoms with Gasteiger partial charge in [0.15, 0.2) is 0 Å². The van der Waals surface area contributed by atoms with E-state index < -0.39 is 0 Å². The summed E-state index contributed by atoms with van der Waals surface area (Å²) in [5.41, 5.74) is 2.86. The van der Waals surface area contributed by atoms with Gasteiger partial charge in [0.2, 0.25) is 0 Å². The lowest BCUT2D eigenvalue weighted by Gasteiger charge is -2.07. The van der Waals surface area contributed by atoms with Gasteiger partial charge in [-0.2, -0.15) is 0 Å². The van der Waals surface area contributed by atoms with Crippen molar-refractivity contribution in [1.82, 2.24) is 9.97 Å². The molecule has 2 aromatic heterocycles. The van der Waals surface area contributed by atoms with E-state index >= 15 is 0 Å². The summed E-state index contributed by atoms with van der Waals surface area (Å²) < 4.78 is 5.70. The SMILES string of the molecule is Cc1cccnc1COc1cncc(C#CCCCl)c1. The Hall–Kier alpha value is -2.05. The zero-order valence-corrected chi connectivity index (χ0v) is 12.0. The minimum atomic E-state index is 0.424. The van der Waals surface area contributed by atoms with E-state index in [2.05, 4.69) is 21.8 Å². The van der Waals surface area contributed by atoms with Gasteiger partial charge in [-0.05, 0) is 24.6 Å². The summed E-state index contributed by atoms with van der Waals surface area (Å²) in [6.07, 6.45) is 5.81. The summed E-state index contributed by atoms with van der Waals surface area (Å²) in [6, 6.07) is 5.79. The van der Waals surface area contributed by atoms with Gasteiger partial charge in [-0.3, -0.25) is 9.97 Å². The molecular weight excluding hydrogens is 272 g/mol. The van der Waals surface area contributed by atoms with E-state index in [1.54, 1.807) is 18.6 Å². The second kappa shape index (κ2) is 7.52. The first kappa shape index (κ1) is 14.4. The van der Waals surface area contributed by atoms with Crippen LogP contribution >= 0.6 is 11.6 Å². The lowest BCUT2D eigenvalue weighted by Crippen LogP contribution is -2.00. The number of ether oxygens (including phenoxy) is 1. The van der Waals surface area contributed by atoms with Crippen LogP contribution in [0.1, 0.15) is 23.2 Å². The fourth-order valence-corrected chi connectivity index (χ4v) is 1.69. The van der Waals surface area contributed by atoms with Crippen molar-refractivity contribution in [1.29, 1.82) is 0 Å². The molecule has 0 aliphatic rings. The van der Waals surface area contributed by atoms with Gasteiger partial charge in [0.05, 0.1) is 11.9 Å². The van der Waals surface area contributed by atoms with Crippen LogP contribution in [-0.2, 0) is 6.61 Å². The number of hydrogen-bond acceptors (Lipinski definition) is 3. The average molecular weight is 287 g/mol. The molecule has 0 radical (unpaired) electrons. The molecule has 0 unspecified atom stereocenters. The zero-order valence-electron chi connectivity index (χ0n) is 11.3. The van der Waals surface area contributed by atoms with Gasteiger partial charge in [-0.15, -0.1) is 11.6 Å². The lowest BCUT2D eigenvalue weighted by atomic mass is 10.2. The largest absolute Gasteiger partial charge is 0.486 e. The number of aryl methyl sites for hydroxylation is 1. The molecule has 0 N–H and O–H groups in total. The number of halogens is 1. The molecule has 0 saturated carbocycles. The molecule has 2 aromatic rings. The van der Waals surface area contributed by atoms with Crippen LogP contribution in [0.4, 0.5) is 0 Å². The van der Waals surface area contributed by atoms with Crippen LogP contribution in [0.3, 0.4) is 0 Å². The van der Waals surface area contributed by atoms with Gasteiger partial charge in [0.25, 0.3) is 0 Å². The molecule has 0 atom stereocenters. The van der Waals surface area contributed by atoms with Crippen molar-refractivity contribution in [3.63, 3.8) is 0 Å². The van der Waals surface area contributed by atoms with E-state index in [0.29, 0.717) is 24.7 Å². The molecule has 2 heterocycles.